The molecule has 5 nitrogen and oxygen atoms in total. The molecule has 0 aliphatic carbocycles. The van der Waals surface area contributed by atoms with Gasteiger partial charge in [-0.2, -0.15) is 5.26 Å². The van der Waals surface area contributed by atoms with Crippen molar-refractivity contribution in [1.29, 1.82) is 5.26 Å². The summed E-state index contributed by atoms with van der Waals surface area (Å²) in [6, 6.07) is 4.85. The Hall–Kier alpha value is -1.32. The topological polar surface area (TPSA) is 87.7 Å². The number of aliphatic hydroxyl groups excluding tert-OH is 2. The highest BCUT2D eigenvalue weighted by Crippen LogP contribution is 2.45. The van der Waals surface area contributed by atoms with Crippen LogP contribution in [0.15, 0.2) is 12.1 Å². The third kappa shape index (κ3) is 2.10. The Balaban J connectivity index is 2.07. The molecule has 2 aliphatic rings. The second-order valence-corrected chi connectivity index (χ2v) is 6.92. The molecule has 0 amide bonds. The van der Waals surface area contributed by atoms with Crippen LogP contribution in [0.4, 0.5) is 5.69 Å². The van der Waals surface area contributed by atoms with E-state index in [-0.39, 0.29) is 6.04 Å². The Morgan fingerprint density at radius 3 is 2.73 bits per heavy atom. The number of fused-ring (bicyclic) bond motifs is 2. The van der Waals surface area contributed by atoms with Gasteiger partial charge in [0.2, 0.25) is 0 Å². The van der Waals surface area contributed by atoms with Crippen molar-refractivity contribution in [2.75, 3.05) is 4.90 Å². The summed E-state index contributed by atoms with van der Waals surface area (Å²) in [5, 5.41) is 40.5. The van der Waals surface area contributed by atoms with Gasteiger partial charge in [-0.1, -0.05) is 11.6 Å². The molecule has 1 aromatic carbocycles. The summed E-state index contributed by atoms with van der Waals surface area (Å²) in [6.45, 7) is 3.43. The maximum absolute atomic E-state index is 10.4. The Bertz CT molecular complexity index is 656. The third-order valence-corrected chi connectivity index (χ3v) is 5.48. The molecule has 3 rings (SSSR count). The number of anilines is 1. The largest absolute Gasteiger partial charge is 0.391 e. The minimum Gasteiger partial charge on any atom is -0.391 e. The molecular weight excluding hydrogens is 304 g/mol. The number of nitrogens with zero attached hydrogens (tertiary/aromatic N) is 2. The summed E-state index contributed by atoms with van der Waals surface area (Å²) < 4.78 is 0. The number of aliphatic hydroxyl groups is 3. The van der Waals surface area contributed by atoms with E-state index in [9.17, 15) is 15.3 Å². The average Bonchev–Trinajstić information content (AvgIpc) is 2.71. The van der Waals surface area contributed by atoms with Crippen LogP contribution in [0, 0.1) is 18.3 Å². The quantitative estimate of drug-likeness (QED) is 0.726. The lowest BCUT2D eigenvalue weighted by atomic mass is 9.84. The minimum atomic E-state index is -1.21. The second kappa shape index (κ2) is 5.10. The van der Waals surface area contributed by atoms with Crippen LogP contribution in [0.5, 0.6) is 0 Å². The van der Waals surface area contributed by atoms with Crippen LogP contribution >= 0.6 is 11.6 Å². The van der Waals surface area contributed by atoms with E-state index in [1.54, 1.807) is 19.1 Å². The lowest BCUT2D eigenvalue weighted by molar-refractivity contribution is -0.0980. The van der Waals surface area contributed by atoms with Gasteiger partial charge in [-0.15, -0.1) is 0 Å². The molecule has 5 atom stereocenters. The number of piperidine rings is 1. The van der Waals surface area contributed by atoms with Crippen molar-refractivity contribution in [3.8, 4) is 6.07 Å². The zero-order valence-corrected chi connectivity index (χ0v) is 13.2. The molecule has 3 N–H and O–H groups in total. The van der Waals surface area contributed by atoms with Crippen LogP contribution in [0.2, 0.25) is 5.02 Å². The molecule has 2 unspecified atom stereocenters. The lowest BCUT2D eigenvalue weighted by Crippen LogP contribution is -2.62. The van der Waals surface area contributed by atoms with Crippen LogP contribution < -0.4 is 4.90 Å². The van der Waals surface area contributed by atoms with Gasteiger partial charge >= 0.3 is 0 Å². The standard InChI is InChI=1S/C16H19ClN2O3/c1-8-11(4-3-9(7-18)13(8)17)19-10-5-12(20)14(19)15(21)16(2,22)6-10/h3-4,10,12,14-15,20-22H,5-6H2,1-2H3/t10-,12?,14+,15?,16+/m0/s1. The van der Waals surface area contributed by atoms with Gasteiger partial charge in [-0.25, -0.2) is 0 Å². The van der Waals surface area contributed by atoms with Crippen LogP contribution in [0.1, 0.15) is 30.9 Å². The first-order valence-electron chi connectivity index (χ1n) is 7.34. The first-order chi connectivity index (χ1) is 10.3. The van der Waals surface area contributed by atoms with E-state index in [0.717, 1.165) is 11.3 Å². The number of hydrogen-bond acceptors (Lipinski definition) is 5. The predicted molar refractivity (Wildman–Crippen MR) is 82.8 cm³/mol. The van der Waals surface area contributed by atoms with Crippen molar-refractivity contribution in [1.82, 2.24) is 0 Å². The third-order valence-electron chi connectivity index (χ3n) is 4.99. The zero-order chi connectivity index (χ0) is 16.2. The van der Waals surface area contributed by atoms with E-state index < -0.39 is 23.9 Å². The van der Waals surface area contributed by atoms with Crippen molar-refractivity contribution >= 4 is 17.3 Å². The zero-order valence-electron chi connectivity index (χ0n) is 12.5. The molecule has 118 valence electrons. The van der Waals surface area contributed by atoms with Gasteiger partial charge in [0, 0.05) is 11.7 Å². The highest BCUT2D eigenvalue weighted by molar-refractivity contribution is 6.32. The smallest absolute Gasteiger partial charge is 0.105 e. The predicted octanol–water partition coefficient (Wildman–Crippen LogP) is 1.34. The van der Waals surface area contributed by atoms with Gasteiger partial charge in [-0.05, 0) is 44.4 Å². The maximum atomic E-state index is 10.4. The summed E-state index contributed by atoms with van der Waals surface area (Å²) in [5.41, 5.74) is 0.733. The number of benzene rings is 1. The number of nitriles is 1. The first-order valence-corrected chi connectivity index (χ1v) is 7.71. The normalized spacial score (nSPS) is 37.2. The molecular formula is C16H19ClN2O3. The summed E-state index contributed by atoms with van der Waals surface area (Å²) in [4.78, 5) is 1.95. The van der Waals surface area contributed by atoms with E-state index in [1.807, 2.05) is 17.9 Å². The maximum Gasteiger partial charge on any atom is 0.105 e. The van der Waals surface area contributed by atoms with Crippen LogP contribution in [-0.2, 0) is 0 Å². The minimum absolute atomic E-state index is 0.0684. The van der Waals surface area contributed by atoms with Gasteiger partial charge < -0.3 is 20.2 Å². The van der Waals surface area contributed by atoms with Crippen LogP contribution in [-0.4, -0.2) is 45.2 Å². The molecule has 2 saturated heterocycles. The lowest BCUT2D eigenvalue weighted by Gasteiger charge is -2.47. The number of halogens is 1. The summed E-state index contributed by atoms with van der Waals surface area (Å²) in [5.74, 6) is 0. The highest BCUT2D eigenvalue weighted by atomic mass is 35.5. The van der Waals surface area contributed by atoms with Crippen molar-refractivity contribution < 1.29 is 15.3 Å². The molecule has 0 spiro atoms. The average molecular weight is 323 g/mol. The summed E-state index contributed by atoms with van der Waals surface area (Å²) >= 11 is 6.24. The molecule has 0 aromatic heterocycles. The van der Waals surface area contributed by atoms with Gasteiger partial charge in [0.1, 0.15) is 12.2 Å². The molecule has 22 heavy (non-hydrogen) atoms. The fourth-order valence-electron chi connectivity index (χ4n) is 3.87. The highest BCUT2D eigenvalue weighted by Gasteiger charge is 2.56. The fourth-order valence-corrected chi connectivity index (χ4v) is 4.07. The molecule has 6 heteroatoms. The van der Waals surface area contributed by atoms with Gasteiger partial charge in [-0.3, -0.25) is 0 Å². The van der Waals surface area contributed by atoms with E-state index in [2.05, 4.69) is 0 Å². The number of hydrogen-bond donors (Lipinski definition) is 3. The Morgan fingerprint density at radius 1 is 1.41 bits per heavy atom. The van der Waals surface area contributed by atoms with E-state index in [1.165, 1.54) is 0 Å². The molecule has 2 bridgehead atoms. The molecule has 2 heterocycles. The van der Waals surface area contributed by atoms with Crippen molar-refractivity contribution in [2.45, 2.75) is 56.6 Å². The summed E-state index contributed by atoms with van der Waals surface area (Å²) in [7, 11) is 0. The van der Waals surface area contributed by atoms with E-state index in [0.29, 0.717) is 23.4 Å². The second-order valence-electron chi connectivity index (χ2n) is 6.54. The summed E-state index contributed by atoms with van der Waals surface area (Å²) in [6.07, 6.45) is -0.883. The van der Waals surface area contributed by atoms with Gasteiger partial charge in [0.25, 0.3) is 0 Å². The van der Waals surface area contributed by atoms with Crippen molar-refractivity contribution in [3.05, 3.63) is 28.3 Å². The van der Waals surface area contributed by atoms with Crippen LogP contribution in [0.3, 0.4) is 0 Å². The molecule has 2 aliphatic heterocycles. The molecule has 0 radical (unpaired) electrons. The van der Waals surface area contributed by atoms with Crippen molar-refractivity contribution in [2.24, 2.45) is 0 Å². The first kappa shape index (κ1) is 15.6. The van der Waals surface area contributed by atoms with Gasteiger partial charge in [0.15, 0.2) is 0 Å². The molecule has 0 saturated carbocycles. The SMILES string of the molecule is Cc1c(N2[C@H]3CC(O)[C@@H]2C(O)[C@](C)(O)C3)ccc(C#N)c1Cl. The van der Waals surface area contributed by atoms with Crippen molar-refractivity contribution in [3.63, 3.8) is 0 Å². The van der Waals surface area contributed by atoms with E-state index >= 15 is 0 Å². The Morgan fingerprint density at radius 2 is 2.09 bits per heavy atom. The monoisotopic (exact) mass is 322 g/mol. The Labute approximate surface area is 134 Å². The molecule has 1 aromatic rings. The van der Waals surface area contributed by atoms with E-state index in [4.69, 9.17) is 16.9 Å². The van der Waals surface area contributed by atoms with Gasteiger partial charge in [0.05, 0.1) is 28.3 Å². The Kier molecular flexibility index (Phi) is 3.61. The number of rotatable bonds is 1. The fraction of sp³-hybridized carbons (Fsp3) is 0.562. The van der Waals surface area contributed by atoms with Crippen LogP contribution in [0.25, 0.3) is 0 Å². The molecule has 2 fully saturated rings.